The summed E-state index contributed by atoms with van der Waals surface area (Å²) in [4.78, 5) is 18.3. The molecule has 0 unspecified atom stereocenters. The first-order valence-corrected chi connectivity index (χ1v) is 11.3. The van der Waals surface area contributed by atoms with Gasteiger partial charge >= 0.3 is 0 Å². The summed E-state index contributed by atoms with van der Waals surface area (Å²) < 4.78 is 7.61. The fourth-order valence-corrected chi connectivity index (χ4v) is 4.22. The first kappa shape index (κ1) is 21.6. The smallest absolute Gasteiger partial charge is 0.227 e. The van der Waals surface area contributed by atoms with Crippen LogP contribution >= 0.6 is 11.6 Å². The third-order valence-corrected chi connectivity index (χ3v) is 6.19. The van der Waals surface area contributed by atoms with Gasteiger partial charge in [0.15, 0.2) is 0 Å². The molecule has 0 amide bonds. The van der Waals surface area contributed by atoms with Gasteiger partial charge in [-0.25, -0.2) is 15.0 Å². The summed E-state index contributed by atoms with van der Waals surface area (Å²) in [5.74, 6) is 1.18. The number of nitrogens with one attached hydrogen (secondary N) is 1. The molecule has 5 rings (SSSR count). The molecule has 8 nitrogen and oxygen atoms in total. The van der Waals surface area contributed by atoms with Gasteiger partial charge in [-0.3, -0.25) is 9.30 Å². The largest absolute Gasteiger partial charge is 0.495 e. The number of pyridine rings is 1. The van der Waals surface area contributed by atoms with E-state index in [0.717, 1.165) is 55.5 Å². The van der Waals surface area contributed by atoms with Crippen molar-refractivity contribution in [3.8, 4) is 17.1 Å². The second kappa shape index (κ2) is 9.35. The normalized spacial score (nSPS) is 15.1. The van der Waals surface area contributed by atoms with E-state index in [1.807, 2.05) is 34.9 Å². The number of methoxy groups -OCH3 is 1. The SMILES string of the molecule is COc1cc(CN2CCN(C)CC2)ccc1Nc1ncc(Cl)c(-c2cnc3ccccn23)n1. The molecule has 4 aromatic rings. The third kappa shape index (κ3) is 4.64. The van der Waals surface area contributed by atoms with Crippen LogP contribution < -0.4 is 10.1 Å². The van der Waals surface area contributed by atoms with Gasteiger partial charge in [-0.1, -0.05) is 23.7 Å². The van der Waals surface area contributed by atoms with Gasteiger partial charge in [-0.2, -0.15) is 0 Å². The van der Waals surface area contributed by atoms with Gasteiger partial charge < -0.3 is 15.0 Å². The Labute approximate surface area is 197 Å². The van der Waals surface area contributed by atoms with E-state index in [2.05, 4.69) is 49.2 Å². The Balaban J connectivity index is 1.38. The first-order valence-electron chi connectivity index (χ1n) is 10.9. The summed E-state index contributed by atoms with van der Waals surface area (Å²) >= 11 is 6.45. The summed E-state index contributed by atoms with van der Waals surface area (Å²) in [6.07, 6.45) is 5.30. The van der Waals surface area contributed by atoms with Crippen molar-refractivity contribution in [2.24, 2.45) is 0 Å². The molecule has 0 bridgehead atoms. The minimum Gasteiger partial charge on any atom is -0.495 e. The van der Waals surface area contributed by atoms with Gasteiger partial charge in [0.1, 0.15) is 17.1 Å². The molecular formula is C24H26ClN7O. The maximum atomic E-state index is 6.45. The Bertz CT molecular complexity index is 1270. The van der Waals surface area contributed by atoms with Gasteiger partial charge in [0, 0.05) is 38.9 Å². The Kier molecular flexibility index (Phi) is 6.13. The highest BCUT2D eigenvalue weighted by Crippen LogP contribution is 2.31. The van der Waals surface area contributed by atoms with Crippen LogP contribution in [0.25, 0.3) is 17.0 Å². The molecule has 0 radical (unpaired) electrons. The minimum absolute atomic E-state index is 0.436. The summed E-state index contributed by atoms with van der Waals surface area (Å²) in [5, 5.41) is 3.74. The summed E-state index contributed by atoms with van der Waals surface area (Å²) in [5.41, 5.74) is 4.25. The van der Waals surface area contributed by atoms with Crippen LogP contribution in [0, 0.1) is 0 Å². The monoisotopic (exact) mass is 463 g/mol. The topological polar surface area (TPSA) is 70.8 Å². The molecule has 1 saturated heterocycles. The van der Waals surface area contributed by atoms with Crippen LogP contribution in [0.15, 0.2) is 55.0 Å². The van der Waals surface area contributed by atoms with E-state index in [4.69, 9.17) is 16.3 Å². The number of imidazole rings is 1. The highest BCUT2D eigenvalue weighted by molar-refractivity contribution is 6.32. The van der Waals surface area contributed by atoms with Crippen molar-refractivity contribution in [3.63, 3.8) is 0 Å². The van der Waals surface area contributed by atoms with Gasteiger partial charge in [0.25, 0.3) is 0 Å². The molecule has 1 fully saturated rings. The number of likely N-dealkylation sites (N-methyl/N-ethyl adjacent to an activating group) is 1. The van der Waals surface area contributed by atoms with Crippen molar-refractivity contribution in [3.05, 3.63) is 65.6 Å². The fraction of sp³-hybridized carbons (Fsp3) is 0.292. The number of rotatable bonds is 6. The first-order chi connectivity index (χ1) is 16.1. The molecule has 4 heterocycles. The van der Waals surface area contributed by atoms with Crippen LogP contribution in [0.3, 0.4) is 0 Å². The number of nitrogens with zero attached hydrogens (tertiary/aromatic N) is 6. The van der Waals surface area contributed by atoms with Crippen molar-refractivity contribution >= 4 is 28.9 Å². The number of benzene rings is 1. The zero-order valence-corrected chi connectivity index (χ0v) is 19.5. The van der Waals surface area contributed by atoms with Gasteiger partial charge in [-0.15, -0.1) is 0 Å². The molecule has 0 saturated carbocycles. The lowest BCUT2D eigenvalue weighted by Crippen LogP contribution is -2.43. The lowest BCUT2D eigenvalue weighted by atomic mass is 10.1. The number of anilines is 2. The maximum absolute atomic E-state index is 6.45. The molecule has 0 aliphatic carbocycles. The van der Waals surface area contributed by atoms with E-state index in [1.54, 1.807) is 19.5 Å². The number of halogens is 1. The second-order valence-corrected chi connectivity index (χ2v) is 8.61. The molecule has 170 valence electrons. The van der Waals surface area contributed by atoms with Crippen molar-refractivity contribution in [2.75, 3.05) is 45.7 Å². The molecular weight excluding hydrogens is 438 g/mol. The van der Waals surface area contributed by atoms with E-state index in [9.17, 15) is 0 Å². The van der Waals surface area contributed by atoms with Crippen molar-refractivity contribution in [1.29, 1.82) is 0 Å². The maximum Gasteiger partial charge on any atom is 0.227 e. The highest BCUT2D eigenvalue weighted by atomic mass is 35.5. The Hall–Kier alpha value is -3.20. The van der Waals surface area contributed by atoms with Crippen molar-refractivity contribution < 1.29 is 4.74 Å². The summed E-state index contributed by atoms with van der Waals surface area (Å²) in [6, 6.07) is 12.0. The molecule has 9 heteroatoms. The lowest BCUT2D eigenvalue weighted by Gasteiger charge is -2.32. The lowest BCUT2D eigenvalue weighted by molar-refractivity contribution is 0.148. The Morgan fingerprint density at radius 2 is 1.91 bits per heavy atom. The van der Waals surface area contributed by atoms with Crippen LogP contribution in [-0.4, -0.2) is 69.5 Å². The number of aromatic nitrogens is 4. The number of hydrogen-bond acceptors (Lipinski definition) is 7. The van der Waals surface area contributed by atoms with E-state index >= 15 is 0 Å². The zero-order valence-electron chi connectivity index (χ0n) is 18.7. The van der Waals surface area contributed by atoms with Crippen LogP contribution in [0.1, 0.15) is 5.56 Å². The molecule has 1 aliphatic heterocycles. The van der Waals surface area contributed by atoms with E-state index in [1.165, 1.54) is 5.56 Å². The van der Waals surface area contributed by atoms with Crippen LogP contribution in [0.2, 0.25) is 5.02 Å². The van der Waals surface area contributed by atoms with Crippen LogP contribution in [0.4, 0.5) is 11.6 Å². The predicted molar refractivity (Wildman–Crippen MR) is 130 cm³/mol. The van der Waals surface area contributed by atoms with E-state index in [0.29, 0.717) is 16.7 Å². The minimum atomic E-state index is 0.436. The fourth-order valence-electron chi connectivity index (χ4n) is 4.04. The van der Waals surface area contributed by atoms with E-state index < -0.39 is 0 Å². The average molecular weight is 464 g/mol. The standard InChI is InChI=1S/C24H26ClN7O/c1-30-9-11-31(12-10-30)16-17-6-7-19(21(13-17)33-2)28-24-27-14-18(25)23(29-24)20-15-26-22-5-3-4-8-32(20)22/h3-8,13-15H,9-12,16H2,1-2H3,(H,27,28,29). The number of hydrogen-bond donors (Lipinski definition) is 1. The quantitative estimate of drug-likeness (QED) is 0.464. The summed E-state index contributed by atoms with van der Waals surface area (Å²) in [7, 11) is 3.84. The predicted octanol–water partition coefficient (Wildman–Crippen LogP) is 3.94. The molecule has 3 aromatic heterocycles. The van der Waals surface area contributed by atoms with Gasteiger partial charge in [0.2, 0.25) is 5.95 Å². The molecule has 1 aromatic carbocycles. The molecule has 0 spiro atoms. The number of fused-ring (bicyclic) bond motifs is 1. The third-order valence-electron chi connectivity index (χ3n) is 5.92. The van der Waals surface area contributed by atoms with Crippen LogP contribution in [-0.2, 0) is 6.54 Å². The highest BCUT2D eigenvalue weighted by Gasteiger charge is 2.16. The number of piperazine rings is 1. The molecule has 0 atom stereocenters. The number of ether oxygens (including phenoxy) is 1. The average Bonchev–Trinajstić information content (AvgIpc) is 3.26. The molecule has 33 heavy (non-hydrogen) atoms. The van der Waals surface area contributed by atoms with Crippen LogP contribution in [0.5, 0.6) is 5.75 Å². The van der Waals surface area contributed by atoms with Crippen molar-refractivity contribution in [2.45, 2.75) is 6.54 Å². The summed E-state index contributed by atoms with van der Waals surface area (Å²) in [6.45, 7) is 5.24. The van der Waals surface area contributed by atoms with Crippen molar-refractivity contribution in [1.82, 2.24) is 29.2 Å². The van der Waals surface area contributed by atoms with Gasteiger partial charge in [0.05, 0.1) is 35.9 Å². The molecule has 1 aliphatic rings. The zero-order chi connectivity index (χ0) is 22.8. The van der Waals surface area contributed by atoms with E-state index in [-0.39, 0.29) is 0 Å². The second-order valence-electron chi connectivity index (χ2n) is 8.20. The molecule has 1 N–H and O–H groups in total. The Morgan fingerprint density at radius 1 is 1.06 bits per heavy atom. The van der Waals surface area contributed by atoms with Gasteiger partial charge in [-0.05, 0) is 36.9 Å². The Morgan fingerprint density at radius 3 is 2.73 bits per heavy atom.